The number of halogens is 2. The molecule has 33 heavy (non-hydrogen) atoms. The molecule has 0 heterocycles. The van der Waals surface area contributed by atoms with Crippen LogP contribution in [-0.2, 0) is 26.2 Å². The van der Waals surface area contributed by atoms with Crippen LogP contribution in [0.1, 0.15) is 31.4 Å². The summed E-state index contributed by atoms with van der Waals surface area (Å²) >= 11 is 5.82. The smallest absolute Gasteiger partial charge is 0.244 e. The number of hydrogen-bond donors (Lipinski definition) is 1. The maximum absolute atomic E-state index is 13.6. The summed E-state index contributed by atoms with van der Waals surface area (Å²) in [6.45, 7) is 5.44. The van der Waals surface area contributed by atoms with E-state index < -0.39 is 34.3 Å². The quantitative estimate of drug-likeness (QED) is 0.544. The molecule has 1 atom stereocenters. The van der Waals surface area contributed by atoms with Gasteiger partial charge in [-0.2, -0.15) is 0 Å². The summed E-state index contributed by atoms with van der Waals surface area (Å²) in [5.74, 6) is -1.63. The van der Waals surface area contributed by atoms with Crippen LogP contribution in [0.15, 0.2) is 42.5 Å². The largest absolute Gasteiger partial charge is 0.354 e. The zero-order chi connectivity index (χ0) is 24.8. The van der Waals surface area contributed by atoms with Crippen molar-refractivity contribution < 1.29 is 22.4 Å². The highest BCUT2D eigenvalue weighted by Crippen LogP contribution is 2.25. The Morgan fingerprint density at radius 2 is 1.79 bits per heavy atom. The van der Waals surface area contributed by atoms with Crippen molar-refractivity contribution in [3.05, 3.63) is 64.4 Å². The lowest BCUT2D eigenvalue weighted by atomic mass is 10.1. The fourth-order valence-electron chi connectivity index (χ4n) is 3.12. The van der Waals surface area contributed by atoms with Gasteiger partial charge in [-0.25, -0.2) is 12.8 Å². The lowest BCUT2D eigenvalue weighted by molar-refractivity contribution is -0.139. The van der Waals surface area contributed by atoms with Crippen molar-refractivity contribution in [3.63, 3.8) is 0 Å². The number of carbonyl (C=O) groups excluding carboxylic acids is 2. The summed E-state index contributed by atoms with van der Waals surface area (Å²) in [7, 11) is -3.91. The minimum Gasteiger partial charge on any atom is -0.354 e. The number of hydrogen-bond acceptors (Lipinski definition) is 4. The van der Waals surface area contributed by atoms with E-state index >= 15 is 0 Å². The second-order valence-electron chi connectivity index (χ2n) is 7.84. The van der Waals surface area contributed by atoms with Gasteiger partial charge in [0.1, 0.15) is 18.4 Å². The fraction of sp³-hybridized carbons (Fsp3) is 0.391. The minimum absolute atomic E-state index is 0.0515. The summed E-state index contributed by atoms with van der Waals surface area (Å²) < 4.78 is 39.4. The van der Waals surface area contributed by atoms with Gasteiger partial charge in [0.05, 0.1) is 17.0 Å². The molecule has 0 saturated heterocycles. The molecule has 0 aliphatic rings. The van der Waals surface area contributed by atoms with E-state index in [0.717, 1.165) is 40.2 Å². The third-order valence-corrected chi connectivity index (χ3v) is 6.49. The minimum atomic E-state index is -3.91. The fourth-order valence-corrected chi connectivity index (χ4v) is 4.14. The zero-order valence-electron chi connectivity index (χ0n) is 19.1. The number of amides is 2. The van der Waals surface area contributed by atoms with E-state index in [-0.39, 0.29) is 23.2 Å². The standard InChI is InChI=1S/C23H29ClFN3O4S/c1-5-12-26-23(30)17(3)27(14-18-8-6-16(2)7-9-18)22(29)15-28(33(4,31)32)19-10-11-21(25)20(24)13-19/h6-11,13,17H,5,12,14-15H2,1-4H3,(H,26,30)/t17-/m0/s1. The molecule has 2 amide bonds. The molecule has 180 valence electrons. The molecule has 10 heteroatoms. The van der Waals surface area contributed by atoms with Crippen LogP contribution in [0.25, 0.3) is 0 Å². The van der Waals surface area contributed by atoms with E-state index in [9.17, 15) is 22.4 Å². The van der Waals surface area contributed by atoms with Gasteiger partial charge in [-0.3, -0.25) is 13.9 Å². The van der Waals surface area contributed by atoms with Gasteiger partial charge in [0.15, 0.2) is 0 Å². The van der Waals surface area contributed by atoms with Crippen LogP contribution in [0.4, 0.5) is 10.1 Å². The zero-order valence-corrected chi connectivity index (χ0v) is 20.7. The van der Waals surface area contributed by atoms with E-state index in [2.05, 4.69) is 5.32 Å². The van der Waals surface area contributed by atoms with Gasteiger partial charge in [-0.15, -0.1) is 0 Å². The van der Waals surface area contributed by atoms with Gasteiger partial charge in [0, 0.05) is 13.1 Å². The summed E-state index contributed by atoms with van der Waals surface area (Å²) in [4.78, 5) is 27.3. The van der Waals surface area contributed by atoms with Crippen molar-refractivity contribution in [3.8, 4) is 0 Å². The summed E-state index contributed by atoms with van der Waals surface area (Å²) in [6.07, 6.45) is 1.68. The number of nitrogens with one attached hydrogen (secondary N) is 1. The van der Waals surface area contributed by atoms with Gasteiger partial charge in [0.25, 0.3) is 0 Å². The van der Waals surface area contributed by atoms with Gasteiger partial charge in [0.2, 0.25) is 21.8 Å². The molecular weight excluding hydrogens is 469 g/mol. The Bertz CT molecular complexity index is 1090. The first-order valence-corrected chi connectivity index (χ1v) is 12.7. The first-order chi connectivity index (χ1) is 15.4. The molecule has 0 bridgehead atoms. The lowest BCUT2D eigenvalue weighted by Crippen LogP contribution is -2.51. The summed E-state index contributed by atoms with van der Waals surface area (Å²) in [5, 5.41) is 2.50. The van der Waals surface area contributed by atoms with Crippen LogP contribution >= 0.6 is 11.6 Å². The van der Waals surface area contributed by atoms with Crippen molar-refractivity contribution in [2.75, 3.05) is 23.7 Å². The Hall–Kier alpha value is -2.65. The van der Waals surface area contributed by atoms with Crippen LogP contribution in [0.3, 0.4) is 0 Å². The van der Waals surface area contributed by atoms with Crippen molar-refractivity contribution >= 4 is 39.1 Å². The van der Waals surface area contributed by atoms with E-state index in [1.807, 2.05) is 38.1 Å². The number of anilines is 1. The van der Waals surface area contributed by atoms with E-state index in [0.29, 0.717) is 6.54 Å². The van der Waals surface area contributed by atoms with E-state index in [4.69, 9.17) is 11.6 Å². The highest BCUT2D eigenvalue weighted by molar-refractivity contribution is 7.92. The number of nitrogens with zero attached hydrogens (tertiary/aromatic N) is 2. The molecule has 0 spiro atoms. The average Bonchev–Trinajstić information content (AvgIpc) is 2.76. The Balaban J connectivity index is 2.38. The molecular formula is C23H29ClFN3O4S. The van der Waals surface area contributed by atoms with Crippen LogP contribution in [-0.4, -0.2) is 50.5 Å². The molecule has 2 aromatic rings. The first kappa shape index (κ1) is 26.6. The highest BCUT2D eigenvalue weighted by atomic mass is 35.5. The van der Waals surface area contributed by atoms with Crippen LogP contribution in [0.2, 0.25) is 5.02 Å². The molecule has 0 aliphatic carbocycles. The van der Waals surface area contributed by atoms with Crippen molar-refractivity contribution in [2.24, 2.45) is 0 Å². The maximum Gasteiger partial charge on any atom is 0.244 e. The maximum atomic E-state index is 13.6. The highest BCUT2D eigenvalue weighted by Gasteiger charge is 2.30. The number of benzene rings is 2. The number of carbonyl (C=O) groups is 2. The number of sulfonamides is 1. The average molecular weight is 498 g/mol. The molecule has 1 N–H and O–H groups in total. The van der Waals surface area contributed by atoms with Crippen LogP contribution in [0, 0.1) is 12.7 Å². The molecule has 7 nitrogen and oxygen atoms in total. The third-order valence-electron chi connectivity index (χ3n) is 5.06. The van der Waals surface area contributed by atoms with Gasteiger partial charge in [-0.05, 0) is 44.0 Å². The predicted molar refractivity (Wildman–Crippen MR) is 128 cm³/mol. The van der Waals surface area contributed by atoms with Crippen LogP contribution in [0.5, 0.6) is 0 Å². The van der Waals surface area contributed by atoms with Crippen molar-refractivity contribution in [2.45, 2.75) is 39.8 Å². The van der Waals surface area contributed by atoms with Crippen LogP contribution < -0.4 is 9.62 Å². The SMILES string of the molecule is CCCNC(=O)[C@H](C)N(Cc1ccc(C)cc1)C(=O)CN(c1ccc(F)c(Cl)c1)S(C)(=O)=O. The molecule has 2 aromatic carbocycles. The van der Waals surface area contributed by atoms with E-state index in [1.54, 1.807) is 6.92 Å². The Morgan fingerprint density at radius 1 is 1.15 bits per heavy atom. The molecule has 0 aliphatic heterocycles. The Morgan fingerprint density at radius 3 is 2.33 bits per heavy atom. The first-order valence-electron chi connectivity index (χ1n) is 10.5. The predicted octanol–water partition coefficient (Wildman–Crippen LogP) is 3.50. The molecule has 0 radical (unpaired) electrons. The van der Waals surface area contributed by atoms with Gasteiger partial charge >= 0.3 is 0 Å². The molecule has 0 aromatic heterocycles. The molecule has 0 unspecified atom stereocenters. The second-order valence-corrected chi connectivity index (χ2v) is 10.2. The Labute approximate surface area is 199 Å². The lowest BCUT2D eigenvalue weighted by Gasteiger charge is -2.31. The molecule has 2 rings (SSSR count). The Kier molecular flexibility index (Phi) is 9.25. The molecule has 0 saturated carbocycles. The third kappa shape index (κ3) is 7.43. The van der Waals surface area contributed by atoms with Crippen molar-refractivity contribution in [1.82, 2.24) is 10.2 Å². The number of aryl methyl sites for hydroxylation is 1. The van der Waals surface area contributed by atoms with Gasteiger partial charge < -0.3 is 10.2 Å². The topological polar surface area (TPSA) is 86.8 Å². The summed E-state index contributed by atoms with van der Waals surface area (Å²) in [5.41, 5.74) is 1.89. The summed E-state index contributed by atoms with van der Waals surface area (Å²) in [6, 6.07) is 10.0. The number of rotatable bonds is 10. The van der Waals surface area contributed by atoms with Gasteiger partial charge in [-0.1, -0.05) is 48.4 Å². The second kappa shape index (κ2) is 11.5. The van der Waals surface area contributed by atoms with Crippen molar-refractivity contribution in [1.29, 1.82) is 0 Å². The van der Waals surface area contributed by atoms with E-state index in [1.165, 1.54) is 11.0 Å². The normalized spacial score (nSPS) is 12.2. The molecule has 0 fully saturated rings. The monoisotopic (exact) mass is 497 g/mol.